The molecule has 0 fully saturated rings. The number of nitrogens with one attached hydrogen (secondary N) is 2. The topological polar surface area (TPSA) is 127 Å². The number of hydrogen-bond acceptors (Lipinski definition) is 5. The van der Waals surface area contributed by atoms with E-state index in [0.717, 1.165) is 0 Å². The number of hydrogen-bond donors (Lipinski definition) is 4. The molecule has 0 unspecified atom stereocenters. The molecule has 7 nitrogen and oxygen atoms in total. The average Bonchev–Trinajstić information content (AvgIpc) is 2.27. The first-order chi connectivity index (χ1) is 7.45. The van der Waals surface area contributed by atoms with Crippen molar-refractivity contribution >= 4 is 21.6 Å². The van der Waals surface area contributed by atoms with Crippen LogP contribution < -0.4 is 21.7 Å². The summed E-state index contributed by atoms with van der Waals surface area (Å²) in [6.45, 7) is -0.431. The van der Waals surface area contributed by atoms with E-state index in [1.165, 1.54) is 24.3 Å². The normalized spacial score (nSPS) is 11.1. The van der Waals surface area contributed by atoms with Crippen molar-refractivity contribution in [2.75, 3.05) is 12.0 Å². The molecule has 0 bridgehead atoms. The Bertz CT molecular complexity index is 469. The van der Waals surface area contributed by atoms with Gasteiger partial charge in [-0.3, -0.25) is 10.6 Å². The first-order valence-electron chi connectivity index (χ1n) is 4.30. The van der Waals surface area contributed by atoms with Crippen LogP contribution in [-0.4, -0.2) is 20.9 Å². The van der Waals surface area contributed by atoms with E-state index in [2.05, 4.69) is 10.1 Å². The van der Waals surface area contributed by atoms with Crippen LogP contribution >= 0.6 is 0 Å². The van der Waals surface area contributed by atoms with E-state index < -0.39 is 22.5 Å². The Hall–Kier alpha value is -1.64. The van der Waals surface area contributed by atoms with Crippen LogP contribution in [0.4, 0.5) is 5.69 Å². The lowest BCUT2D eigenvalue weighted by Gasteiger charge is -2.05. The Morgan fingerprint density at radius 1 is 1.25 bits per heavy atom. The van der Waals surface area contributed by atoms with Gasteiger partial charge in [0.25, 0.3) is 0 Å². The fourth-order valence-corrected chi connectivity index (χ4v) is 1.97. The Kier molecular flexibility index (Phi) is 3.82. The van der Waals surface area contributed by atoms with Crippen molar-refractivity contribution in [3.05, 3.63) is 24.3 Å². The van der Waals surface area contributed by atoms with E-state index in [9.17, 15) is 13.2 Å². The van der Waals surface area contributed by atoms with Gasteiger partial charge in [-0.1, -0.05) is 0 Å². The van der Waals surface area contributed by atoms with Gasteiger partial charge in [0.2, 0.25) is 15.9 Å². The van der Waals surface area contributed by atoms with Crippen molar-refractivity contribution in [3.63, 3.8) is 0 Å². The Morgan fingerprint density at radius 2 is 1.81 bits per heavy atom. The molecular formula is C8H12N4O3S. The van der Waals surface area contributed by atoms with Crippen LogP contribution in [0, 0.1) is 0 Å². The number of sulfonamides is 1. The third-order valence-electron chi connectivity index (χ3n) is 1.77. The van der Waals surface area contributed by atoms with Gasteiger partial charge in [-0.2, -0.15) is 0 Å². The van der Waals surface area contributed by atoms with Crippen LogP contribution in [0.3, 0.4) is 0 Å². The fourth-order valence-electron chi connectivity index (χ4n) is 0.980. The standard InChI is InChI=1S/C8H12N4O3S/c9-8(13)5-11-16(14,15)7-3-1-6(12-10)2-4-7/h1-4,11-12H,5,10H2,(H2,9,13). The highest BCUT2D eigenvalue weighted by molar-refractivity contribution is 7.89. The van der Waals surface area contributed by atoms with Crippen LogP contribution in [0.2, 0.25) is 0 Å². The third-order valence-corrected chi connectivity index (χ3v) is 3.18. The number of carbonyl (C=O) groups is 1. The summed E-state index contributed by atoms with van der Waals surface area (Å²) in [5.74, 6) is 4.38. The molecule has 1 aromatic carbocycles. The summed E-state index contributed by atoms with van der Waals surface area (Å²) in [6, 6.07) is 5.72. The van der Waals surface area contributed by atoms with Gasteiger partial charge in [0, 0.05) is 5.69 Å². The van der Waals surface area contributed by atoms with Gasteiger partial charge in [0.15, 0.2) is 0 Å². The number of amides is 1. The molecule has 0 aromatic heterocycles. The second kappa shape index (κ2) is 4.92. The smallest absolute Gasteiger partial charge is 0.241 e. The Morgan fingerprint density at radius 3 is 2.25 bits per heavy atom. The summed E-state index contributed by atoms with van der Waals surface area (Å²) in [7, 11) is -3.70. The molecule has 88 valence electrons. The number of nitrogens with two attached hydrogens (primary N) is 2. The maximum atomic E-state index is 11.6. The van der Waals surface area contributed by atoms with Crippen LogP contribution in [0.15, 0.2) is 29.2 Å². The molecule has 6 N–H and O–H groups in total. The van der Waals surface area contributed by atoms with Gasteiger partial charge in [-0.15, -0.1) is 0 Å². The average molecular weight is 244 g/mol. The van der Waals surface area contributed by atoms with Crippen molar-refractivity contribution < 1.29 is 13.2 Å². The van der Waals surface area contributed by atoms with Crippen molar-refractivity contribution in [2.45, 2.75) is 4.90 Å². The van der Waals surface area contributed by atoms with Gasteiger partial charge >= 0.3 is 0 Å². The number of anilines is 1. The number of benzene rings is 1. The highest BCUT2D eigenvalue weighted by atomic mass is 32.2. The zero-order valence-electron chi connectivity index (χ0n) is 8.30. The molecule has 1 amide bonds. The monoisotopic (exact) mass is 244 g/mol. The maximum Gasteiger partial charge on any atom is 0.241 e. The van der Waals surface area contributed by atoms with Crippen molar-refractivity contribution in [1.29, 1.82) is 0 Å². The number of carbonyl (C=O) groups excluding carboxylic acids is 1. The minimum atomic E-state index is -3.70. The van der Waals surface area contributed by atoms with Gasteiger partial charge in [0.1, 0.15) is 0 Å². The zero-order chi connectivity index (χ0) is 12.2. The van der Waals surface area contributed by atoms with Crippen LogP contribution in [0.5, 0.6) is 0 Å². The lowest BCUT2D eigenvalue weighted by atomic mass is 10.3. The highest BCUT2D eigenvalue weighted by Gasteiger charge is 2.13. The largest absolute Gasteiger partial charge is 0.369 e. The first kappa shape index (κ1) is 12.4. The lowest BCUT2D eigenvalue weighted by Crippen LogP contribution is -2.33. The summed E-state index contributed by atoms with van der Waals surface area (Å²) in [4.78, 5) is 10.5. The van der Waals surface area contributed by atoms with Crippen molar-refractivity contribution in [3.8, 4) is 0 Å². The highest BCUT2D eigenvalue weighted by Crippen LogP contribution is 2.12. The molecule has 0 aliphatic heterocycles. The number of primary amides is 1. The van der Waals surface area contributed by atoms with Crippen molar-refractivity contribution in [2.24, 2.45) is 11.6 Å². The van der Waals surface area contributed by atoms with E-state index >= 15 is 0 Å². The summed E-state index contributed by atoms with van der Waals surface area (Å²) < 4.78 is 25.2. The molecule has 8 heteroatoms. The molecule has 1 aromatic rings. The maximum absolute atomic E-state index is 11.6. The summed E-state index contributed by atoms with van der Waals surface area (Å²) in [5, 5.41) is 0. The summed E-state index contributed by atoms with van der Waals surface area (Å²) >= 11 is 0. The molecule has 0 saturated carbocycles. The second-order valence-corrected chi connectivity index (χ2v) is 4.73. The van der Waals surface area contributed by atoms with Gasteiger partial charge < -0.3 is 11.2 Å². The number of hydrazine groups is 1. The third kappa shape index (κ3) is 3.19. The van der Waals surface area contributed by atoms with E-state index in [0.29, 0.717) is 5.69 Å². The lowest BCUT2D eigenvalue weighted by molar-refractivity contribution is -0.116. The van der Waals surface area contributed by atoms with Crippen LogP contribution in [0.1, 0.15) is 0 Å². The van der Waals surface area contributed by atoms with E-state index in [4.69, 9.17) is 11.6 Å². The minimum Gasteiger partial charge on any atom is -0.369 e. The minimum absolute atomic E-state index is 0.0350. The summed E-state index contributed by atoms with van der Waals surface area (Å²) in [6.07, 6.45) is 0. The van der Waals surface area contributed by atoms with Crippen molar-refractivity contribution in [1.82, 2.24) is 4.72 Å². The molecule has 0 spiro atoms. The first-order valence-corrected chi connectivity index (χ1v) is 5.78. The molecule has 0 aliphatic rings. The van der Waals surface area contributed by atoms with Crippen LogP contribution in [-0.2, 0) is 14.8 Å². The van der Waals surface area contributed by atoms with E-state index in [1.54, 1.807) is 0 Å². The predicted molar refractivity (Wildman–Crippen MR) is 58.6 cm³/mol. The predicted octanol–water partition coefficient (Wildman–Crippen LogP) is -1.26. The SMILES string of the molecule is NNc1ccc(S(=O)(=O)NCC(N)=O)cc1. The number of nitrogen functional groups attached to an aromatic ring is 1. The molecule has 0 heterocycles. The van der Waals surface area contributed by atoms with Gasteiger partial charge in [-0.25, -0.2) is 13.1 Å². The summed E-state index contributed by atoms with van der Waals surface area (Å²) in [5.41, 5.74) is 7.78. The van der Waals surface area contributed by atoms with Gasteiger partial charge in [0.05, 0.1) is 11.4 Å². The fraction of sp³-hybridized carbons (Fsp3) is 0.125. The van der Waals surface area contributed by atoms with E-state index in [1.807, 2.05) is 0 Å². The zero-order valence-corrected chi connectivity index (χ0v) is 9.12. The molecular weight excluding hydrogens is 232 g/mol. The molecule has 0 aliphatic carbocycles. The number of rotatable bonds is 5. The molecule has 1 rings (SSSR count). The Balaban J connectivity index is 2.85. The molecule has 0 atom stereocenters. The van der Waals surface area contributed by atoms with Crippen LogP contribution in [0.25, 0.3) is 0 Å². The Labute approximate surface area is 92.8 Å². The molecule has 16 heavy (non-hydrogen) atoms. The second-order valence-electron chi connectivity index (χ2n) is 2.96. The van der Waals surface area contributed by atoms with E-state index in [-0.39, 0.29) is 4.90 Å². The van der Waals surface area contributed by atoms with Gasteiger partial charge in [-0.05, 0) is 24.3 Å². The molecule has 0 saturated heterocycles. The molecule has 0 radical (unpaired) electrons. The quantitative estimate of drug-likeness (QED) is 0.379.